The van der Waals surface area contributed by atoms with E-state index in [0.29, 0.717) is 12.8 Å². The van der Waals surface area contributed by atoms with Gasteiger partial charge in [-0.1, -0.05) is 24.3 Å². The third kappa shape index (κ3) is 4.86. The van der Waals surface area contributed by atoms with Crippen LogP contribution >= 0.6 is 0 Å². The van der Waals surface area contributed by atoms with Gasteiger partial charge in [0, 0.05) is 18.0 Å². The highest BCUT2D eigenvalue weighted by atomic mass is 19.1. The van der Waals surface area contributed by atoms with Crippen molar-refractivity contribution in [1.82, 2.24) is 20.6 Å². The minimum Gasteiger partial charge on any atom is -0.465 e. The number of methoxy groups -OCH3 is 1. The lowest BCUT2D eigenvalue weighted by molar-refractivity contribution is -0.124. The molecule has 0 spiro atoms. The number of carbonyl (C=O) groups is 3. The molecular weight excluding hydrogens is 458 g/mol. The Labute approximate surface area is 199 Å². The number of aromatic nitrogens is 2. The molecule has 1 saturated carbocycles. The van der Waals surface area contributed by atoms with Gasteiger partial charge in [0.2, 0.25) is 5.91 Å². The van der Waals surface area contributed by atoms with Gasteiger partial charge in [0.05, 0.1) is 18.7 Å². The van der Waals surface area contributed by atoms with Gasteiger partial charge < -0.3 is 15.4 Å². The molecule has 2 amide bonds. The van der Waals surface area contributed by atoms with Crippen LogP contribution in [-0.2, 0) is 9.53 Å². The Morgan fingerprint density at radius 3 is 2.40 bits per heavy atom. The number of nitrogens with one attached hydrogen (secondary N) is 2. The van der Waals surface area contributed by atoms with E-state index in [9.17, 15) is 18.8 Å². The lowest BCUT2D eigenvalue weighted by Crippen LogP contribution is -2.49. The molecule has 0 saturated heterocycles. The maximum absolute atomic E-state index is 15.1. The molecule has 1 fully saturated rings. The zero-order chi connectivity index (χ0) is 25.2. The summed E-state index contributed by atoms with van der Waals surface area (Å²) in [6, 6.07) is 7.47. The summed E-state index contributed by atoms with van der Waals surface area (Å²) in [7, 11) is 1.13. The van der Waals surface area contributed by atoms with Crippen molar-refractivity contribution in [3.63, 3.8) is 0 Å². The molecule has 35 heavy (non-hydrogen) atoms. The molecule has 180 valence electrons. The lowest BCUT2D eigenvalue weighted by Gasteiger charge is -2.21. The minimum absolute atomic E-state index is 0.184. The van der Waals surface area contributed by atoms with E-state index in [1.165, 1.54) is 49.1 Å². The number of benzene rings is 2. The second-order valence-corrected chi connectivity index (χ2v) is 8.25. The summed E-state index contributed by atoms with van der Waals surface area (Å²) in [6.07, 6.45) is 4.88. The Bertz CT molecular complexity index is 1300. The SMILES string of the molecule is COC(=O)c1c(F)cccc1-c1ccc([C@@H](C)NC(=O)C2(NC(=O)c3cncnc3)CC2)c(F)c1. The second-order valence-electron chi connectivity index (χ2n) is 8.25. The first kappa shape index (κ1) is 23.9. The Balaban J connectivity index is 1.50. The summed E-state index contributed by atoms with van der Waals surface area (Å²) in [5.41, 5.74) is -0.487. The van der Waals surface area contributed by atoms with E-state index in [2.05, 4.69) is 25.3 Å². The summed E-state index contributed by atoms with van der Waals surface area (Å²) in [5, 5.41) is 5.45. The minimum atomic E-state index is -1.07. The van der Waals surface area contributed by atoms with E-state index in [1.54, 1.807) is 6.92 Å². The fourth-order valence-electron chi connectivity index (χ4n) is 3.77. The predicted octanol–water partition coefficient (Wildman–Crippen LogP) is 3.35. The number of nitrogens with zero attached hydrogens (tertiary/aromatic N) is 2. The number of ether oxygens (including phenoxy) is 1. The maximum atomic E-state index is 15.1. The van der Waals surface area contributed by atoms with Crippen LogP contribution in [0.4, 0.5) is 8.78 Å². The Morgan fingerprint density at radius 1 is 1.06 bits per heavy atom. The van der Waals surface area contributed by atoms with Gasteiger partial charge in [-0.05, 0) is 43.0 Å². The molecule has 1 aliphatic carbocycles. The van der Waals surface area contributed by atoms with Crippen LogP contribution in [0.2, 0.25) is 0 Å². The number of hydrogen-bond donors (Lipinski definition) is 2. The molecule has 2 N–H and O–H groups in total. The average Bonchev–Trinajstić information content (AvgIpc) is 3.64. The Morgan fingerprint density at radius 2 is 1.77 bits per heavy atom. The van der Waals surface area contributed by atoms with Crippen LogP contribution in [0.15, 0.2) is 55.1 Å². The van der Waals surface area contributed by atoms with Gasteiger partial charge in [-0.15, -0.1) is 0 Å². The molecule has 0 aliphatic heterocycles. The molecular formula is C25H22F2N4O4. The number of hydrogen-bond acceptors (Lipinski definition) is 6. The second kappa shape index (κ2) is 9.57. The fraction of sp³-hybridized carbons (Fsp3) is 0.240. The van der Waals surface area contributed by atoms with Gasteiger partial charge in [0.1, 0.15) is 29.1 Å². The van der Waals surface area contributed by atoms with Gasteiger partial charge in [-0.3, -0.25) is 9.59 Å². The van der Waals surface area contributed by atoms with Crippen LogP contribution in [0.3, 0.4) is 0 Å². The molecule has 2 aromatic carbocycles. The first-order valence-corrected chi connectivity index (χ1v) is 10.8. The number of rotatable bonds is 7. The van der Waals surface area contributed by atoms with E-state index in [-0.39, 0.29) is 27.8 Å². The molecule has 8 nitrogen and oxygen atoms in total. The predicted molar refractivity (Wildman–Crippen MR) is 121 cm³/mol. The number of amides is 2. The van der Waals surface area contributed by atoms with Gasteiger partial charge >= 0.3 is 5.97 Å². The molecule has 1 atom stereocenters. The molecule has 0 unspecified atom stereocenters. The van der Waals surface area contributed by atoms with Crippen LogP contribution in [0, 0.1) is 11.6 Å². The van der Waals surface area contributed by atoms with Gasteiger partial charge in [0.15, 0.2) is 0 Å². The average molecular weight is 480 g/mol. The highest BCUT2D eigenvalue weighted by molar-refractivity contribution is 6.00. The summed E-state index contributed by atoms with van der Waals surface area (Å²) in [6.45, 7) is 1.61. The first-order chi connectivity index (χ1) is 16.8. The summed E-state index contributed by atoms with van der Waals surface area (Å²) < 4.78 is 34.0. The van der Waals surface area contributed by atoms with Crippen LogP contribution in [0.5, 0.6) is 0 Å². The van der Waals surface area contributed by atoms with Crippen LogP contribution in [-0.4, -0.2) is 40.4 Å². The highest BCUT2D eigenvalue weighted by Crippen LogP contribution is 2.37. The molecule has 1 aromatic heterocycles. The van der Waals surface area contributed by atoms with Crippen molar-refractivity contribution >= 4 is 17.8 Å². The van der Waals surface area contributed by atoms with E-state index in [1.807, 2.05) is 0 Å². The zero-order valence-corrected chi connectivity index (χ0v) is 19.0. The molecule has 1 heterocycles. The molecule has 0 bridgehead atoms. The Kier molecular flexibility index (Phi) is 6.54. The van der Waals surface area contributed by atoms with Crippen LogP contribution in [0.1, 0.15) is 52.1 Å². The fourth-order valence-corrected chi connectivity index (χ4v) is 3.77. The summed E-state index contributed by atoms with van der Waals surface area (Å²) in [5.74, 6) is -3.21. The number of carbonyl (C=O) groups excluding carboxylic acids is 3. The summed E-state index contributed by atoms with van der Waals surface area (Å²) >= 11 is 0. The number of halogens is 2. The Hall–Kier alpha value is -4.21. The van der Waals surface area contributed by atoms with E-state index in [4.69, 9.17) is 0 Å². The van der Waals surface area contributed by atoms with Crippen molar-refractivity contribution in [3.8, 4) is 11.1 Å². The van der Waals surface area contributed by atoms with Crippen molar-refractivity contribution in [3.05, 3.63) is 83.4 Å². The molecule has 10 heteroatoms. The smallest absolute Gasteiger partial charge is 0.341 e. The largest absolute Gasteiger partial charge is 0.465 e. The lowest BCUT2D eigenvalue weighted by atomic mass is 9.96. The monoisotopic (exact) mass is 480 g/mol. The summed E-state index contributed by atoms with van der Waals surface area (Å²) in [4.78, 5) is 44.9. The highest BCUT2D eigenvalue weighted by Gasteiger charge is 2.51. The van der Waals surface area contributed by atoms with Crippen LogP contribution < -0.4 is 10.6 Å². The van der Waals surface area contributed by atoms with E-state index < -0.39 is 41.0 Å². The van der Waals surface area contributed by atoms with Crippen molar-refractivity contribution in [1.29, 1.82) is 0 Å². The zero-order valence-electron chi connectivity index (χ0n) is 19.0. The molecule has 3 aromatic rings. The van der Waals surface area contributed by atoms with E-state index >= 15 is 4.39 Å². The first-order valence-electron chi connectivity index (χ1n) is 10.8. The maximum Gasteiger partial charge on any atom is 0.341 e. The molecule has 4 rings (SSSR count). The van der Waals surface area contributed by atoms with Crippen LogP contribution in [0.25, 0.3) is 11.1 Å². The van der Waals surface area contributed by atoms with Crippen molar-refractivity contribution in [2.24, 2.45) is 0 Å². The third-order valence-corrected chi connectivity index (χ3v) is 5.89. The van der Waals surface area contributed by atoms with Gasteiger partial charge in [0.25, 0.3) is 5.91 Å². The molecule has 0 radical (unpaired) electrons. The van der Waals surface area contributed by atoms with Crippen molar-refractivity contribution < 1.29 is 27.9 Å². The van der Waals surface area contributed by atoms with Gasteiger partial charge in [-0.2, -0.15) is 0 Å². The number of esters is 1. The molecule has 1 aliphatic rings. The quantitative estimate of drug-likeness (QED) is 0.502. The van der Waals surface area contributed by atoms with Crippen molar-refractivity contribution in [2.75, 3.05) is 7.11 Å². The van der Waals surface area contributed by atoms with E-state index in [0.717, 1.165) is 13.2 Å². The van der Waals surface area contributed by atoms with Gasteiger partial charge in [-0.25, -0.2) is 23.5 Å². The normalized spacial score (nSPS) is 14.5. The third-order valence-electron chi connectivity index (χ3n) is 5.89. The van der Waals surface area contributed by atoms with Crippen molar-refractivity contribution in [2.45, 2.75) is 31.3 Å². The topological polar surface area (TPSA) is 110 Å². The standard InChI is InChI=1S/C25H22F2N4O4/c1-14(30-24(34)25(8-9-25)31-22(32)16-11-28-13-29-12-16)17-7-6-15(10-20(17)27)18-4-3-5-19(26)21(18)23(33)35-2/h3-7,10-14H,8-9H2,1-2H3,(H,30,34)(H,31,32)/t14-/m1/s1.